The molecule has 6 atom stereocenters. The van der Waals surface area contributed by atoms with Crippen LogP contribution in [0.4, 0.5) is 0 Å². The molecular weight excluding hydrogens is 358 g/mol. The van der Waals surface area contributed by atoms with Gasteiger partial charge in [0.25, 0.3) is 0 Å². The van der Waals surface area contributed by atoms with Crippen molar-refractivity contribution in [2.45, 2.75) is 92.0 Å². The first-order valence-corrected chi connectivity index (χ1v) is 11.7. The fourth-order valence-corrected chi connectivity index (χ4v) is 7.49. The van der Waals surface area contributed by atoms with Crippen LogP contribution in [-0.2, 0) is 9.59 Å². The third kappa shape index (κ3) is 3.33. The lowest BCUT2D eigenvalue weighted by Crippen LogP contribution is -2.52. The van der Waals surface area contributed by atoms with Gasteiger partial charge in [0.15, 0.2) is 5.78 Å². The number of rotatable bonds is 2. The van der Waals surface area contributed by atoms with Crippen LogP contribution in [0, 0.1) is 34.5 Å². The molecule has 4 rings (SSSR count). The van der Waals surface area contributed by atoms with Gasteiger partial charge in [-0.05, 0) is 112 Å². The summed E-state index contributed by atoms with van der Waals surface area (Å²) in [4.78, 5) is 25.0. The van der Waals surface area contributed by atoms with Crippen LogP contribution in [0.5, 0.6) is 0 Å². The topological polar surface area (TPSA) is 46.2 Å². The number of Topliss-reactive ketones (excluding diaryl/α,β-unsaturated/α-hetero) is 1. The molecular formula is C26H39NO2. The molecule has 0 radical (unpaired) electrons. The molecule has 3 nitrogen and oxygen atoms in total. The predicted molar refractivity (Wildman–Crippen MR) is 117 cm³/mol. The van der Waals surface area contributed by atoms with E-state index in [1.54, 1.807) is 6.92 Å². The molecule has 2 saturated carbocycles. The van der Waals surface area contributed by atoms with Gasteiger partial charge in [0, 0.05) is 11.5 Å². The Morgan fingerprint density at radius 1 is 1.07 bits per heavy atom. The molecule has 0 heterocycles. The molecule has 0 aromatic rings. The second-order valence-corrected chi connectivity index (χ2v) is 11.8. The summed E-state index contributed by atoms with van der Waals surface area (Å²) < 4.78 is 0. The third-order valence-electron chi connectivity index (χ3n) is 9.04. The van der Waals surface area contributed by atoms with Gasteiger partial charge in [-0.25, -0.2) is 0 Å². The molecule has 0 aromatic carbocycles. The van der Waals surface area contributed by atoms with E-state index in [9.17, 15) is 9.59 Å². The van der Waals surface area contributed by atoms with Crippen molar-refractivity contribution in [1.29, 1.82) is 0 Å². The largest absolute Gasteiger partial charge is 0.351 e. The van der Waals surface area contributed by atoms with Gasteiger partial charge in [0.1, 0.15) is 0 Å². The Morgan fingerprint density at radius 2 is 1.79 bits per heavy atom. The molecule has 0 aliphatic heterocycles. The Labute approximate surface area is 176 Å². The minimum Gasteiger partial charge on any atom is -0.351 e. The van der Waals surface area contributed by atoms with Gasteiger partial charge in [-0.3, -0.25) is 9.59 Å². The van der Waals surface area contributed by atoms with Crippen LogP contribution in [0.2, 0.25) is 0 Å². The smallest absolute Gasteiger partial charge is 0.224 e. The summed E-state index contributed by atoms with van der Waals surface area (Å²) in [6.07, 6.45) is 12.4. The monoisotopic (exact) mass is 397 g/mol. The fraction of sp³-hybridized carbons (Fsp3) is 0.769. The molecule has 0 aromatic heterocycles. The van der Waals surface area contributed by atoms with Crippen molar-refractivity contribution in [3.05, 3.63) is 23.3 Å². The SMILES string of the molecule is CC(=O)C1=CC2=CCC3C(CC[C@@]4(C)C3CC[C@@H]4C(=O)NC(C)(C)C)[C@@]2(C)CC1. The second-order valence-electron chi connectivity index (χ2n) is 11.8. The zero-order valence-electron chi connectivity index (χ0n) is 19.2. The van der Waals surface area contributed by atoms with E-state index in [4.69, 9.17) is 0 Å². The average Bonchev–Trinajstić information content (AvgIpc) is 2.96. The van der Waals surface area contributed by atoms with Crippen LogP contribution in [-0.4, -0.2) is 17.2 Å². The van der Waals surface area contributed by atoms with Crippen LogP contribution in [0.3, 0.4) is 0 Å². The van der Waals surface area contributed by atoms with Crippen molar-refractivity contribution in [2.75, 3.05) is 0 Å². The average molecular weight is 398 g/mol. The number of fused-ring (bicyclic) bond motifs is 5. The van der Waals surface area contributed by atoms with Crippen molar-refractivity contribution >= 4 is 11.7 Å². The molecule has 2 fully saturated rings. The maximum atomic E-state index is 13.1. The van der Waals surface area contributed by atoms with Crippen molar-refractivity contribution in [3.8, 4) is 0 Å². The van der Waals surface area contributed by atoms with Gasteiger partial charge in [-0.2, -0.15) is 0 Å². The van der Waals surface area contributed by atoms with Crippen LogP contribution in [0.1, 0.15) is 86.5 Å². The van der Waals surface area contributed by atoms with E-state index >= 15 is 0 Å². The van der Waals surface area contributed by atoms with Crippen LogP contribution in [0.15, 0.2) is 23.3 Å². The zero-order chi connectivity index (χ0) is 21.2. The zero-order valence-corrected chi connectivity index (χ0v) is 19.2. The summed E-state index contributed by atoms with van der Waals surface area (Å²) in [5, 5.41) is 3.27. The number of allylic oxidation sites excluding steroid dienone is 4. The van der Waals surface area contributed by atoms with Crippen molar-refractivity contribution < 1.29 is 9.59 Å². The Kier molecular flexibility index (Phi) is 4.91. The van der Waals surface area contributed by atoms with E-state index < -0.39 is 0 Å². The number of nitrogens with one attached hydrogen (secondary N) is 1. The molecule has 1 amide bonds. The lowest BCUT2D eigenvalue weighted by Gasteiger charge is -2.57. The first-order valence-electron chi connectivity index (χ1n) is 11.7. The number of hydrogen-bond acceptors (Lipinski definition) is 2. The van der Waals surface area contributed by atoms with Gasteiger partial charge >= 0.3 is 0 Å². The number of carbonyl (C=O) groups excluding carboxylic acids is 2. The van der Waals surface area contributed by atoms with Gasteiger partial charge in [-0.1, -0.05) is 26.0 Å². The standard InChI is InChI=1S/C26H39NO2/c1-16(28)17-11-13-25(5)18(15-17)7-8-19-20-9-10-22(23(29)27-24(2,3)4)26(20,6)14-12-21(19)25/h7,15,19-22H,8-14H2,1-6H3,(H,27,29)/t19?,20?,21?,22-,25+,26+/m1/s1. The lowest BCUT2D eigenvalue weighted by molar-refractivity contribution is -0.133. The predicted octanol–water partition coefficient (Wildman–Crippen LogP) is 5.61. The highest BCUT2D eigenvalue weighted by molar-refractivity contribution is 5.94. The van der Waals surface area contributed by atoms with Crippen LogP contribution < -0.4 is 5.32 Å². The Morgan fingerprint density at radius 3 is 2.45 bits per heavy atom. The molecule has 160 valence electrons. The number of hydrogen-bond donors (Lipinski definition) is 1. The normalized spacial score (nSPS) is 41.4. The molecule has 0 bridgehead atoms. The minimum absolute atomic E-state index is 0.132. The Balaban J connectivity index is 1.60. The number of carbonyl (C=O) groups is 2. The molecule has 3 unspecified atom stereocenters. The summed E-state index contributed by atoms with van der Waals surface area (Å²) in [5.74, 6) is 2.67. The van der Waals surface area contributed by atoms with E-state index in [0.717, 1.165) is 37.7 Å². The summed E-state index contributed by atoms with van der Waals surface area (Å²) in [6, 6.07) is 0. The van der Waals surface area contributed by atoms with E-state index in [2.05, 4.69) is 52.1 Å². The second kappa shape index (κ2) is 6.82. The first kappa shape index (κ1) is 20.9. The van der Waals surface area contributed by atoms with Gasteiger partial charge in [-0.15, -0.1) is 0 Å². The fourth-order valence-electron chi connectivity index (χ4n) is 7.49. The Hall–Kier alpha value is -1.38. The molecule has 1 N–H and O–H groups in total. The van der Waals surface area contributed by atoms with Crippen molar-refractivity contribution in [2.24, 2.45) is 34.5 Å². The number of amides is 1. The summed E-state index contributed by atoms with van der Waals surface area (Å²) in [7, 11) is 0. The minimum atomic E-state index is -0.165. The molecule has 3 heteroatoms. The van der Waals surface area contributed by atoms with E-state index in [0.29, 0.717) is 17.8 Å². The van der Waals surface area contributed by atoms with E-state index in [1.165, 1.54) is 18.4 Å². The highest BCUT2D eigenvalue weighted by Crippen LogP contribution is 2.66. The molecule has 4 aliphatic carbocycles. The van der Waals surface area contributed by atoms with Crippen molar-refractivity contribution in [3.63, 3.8) is 0 Å². The van der Waals surface area contributed by atoms with Gasteiger partial charge in [0.2, 0.25) is 5.91 Å². The summed E-state index contributed by atoms with van der Waals surface area (Å²) in [5.41, 5.74) is 2.59. The van der Waals surface area contributed by atoms with Gasteiger partial charge in [0.05, 0.1) is 0 Å². The number of ketones is 1. The lowest BCUT2D eigenvalue weighted by atomic mass is 9.48. The molecule has 29 heavy (non-hydrogen) atoms. The summed E-state index contributed by atoms with van der Waals surface area (Å²) in [6.45, 7) is 12.8. The van der Waals surface area contributed by atoms with E-state index in [-0.39, 0.29) is 34.0 Å². The Bertz CT molecular complexity index is 785. The maximum Gasteiger partial charge on any atom is 0.224 e. The first-order chi connectivity index (χ1) is 13.5. The quantitative estimate of drug-likeness (QED) is 0.659. The summed E-state index contributed by atoms with van der Waals surface area (Å²) >= 11 is 0. The molecule has 0 spiro atoms. The van der Waals surface area contributed by atoms with Crippen molar-refractivity contribution in [1.82, 2.24) is 5.32 Å². The van der Waals surface area contributed by atoms with Crippen LogP contribution >= 0.6 is 0 Å². The van der Waals surface area contributed by atoms with Gasteiger partial charge < -0.3 is 5.32 Å². The molecule has 4 aliphatic rings. The molecule has 0 saturated heterocycles. The highest BCUT2D eigenvalue weighted by atomic mass is 16.2. The highest BCUT2D eigenvalue weighted by Gasteiger charge is 2.59. The van der Waals surface area contributed by atoms with E-state index in [1.807, 2.05) is 0 Å². The third-order valence-corrected chi connectivity index (χ3v) is 9.04. The van der Waals surface area contributed by atoms with Crippen LogP contribution in [0.25, 0.3) is 0 Å². The maximum absolute atomic E-state index is 13.1.